The van der Waals surface area contributed by atoms with Crippen LogP contribution in [0.1, 0.15) is 64.2 Å². The van der Waals surface area contributed by atoms with Gasteiger partial charge in [0.2, 0.25) is 0 Å². The number of hydrogen-bond acceptors (Lipinski definition) is 2. The van der Waals surface area contributed by atoms with E-state index < -0.39 is 0 Å². The number of nitrogens with zero attached hydrogens (tertiary/aromatic N) is 1. The third-order valence-electron chi connectivity index (χ3n) is 6.02. The van der Waals surface area contributed by atoms with Crippen molar-refractivity contribution in [3.8, 4) is 0 Å². The van der Waals surface area contributed by atoms with Crippen LogP contribution in [-0.2, 0) is 0 Å². The third-order valence-corrected chi connectivity index (χ3v) is 6.02. The van der Waals surface area contributed by atoms with Gasteiger partial charge in [-0.15, -0.1) is 0 Å². The molecule has 1 aliphatic heterocycles. The summed E-state index contributed by atoms with van der Waals surface area (Å²) in [5, 5.41) is 9.87. The first-order valence-electron chi connectivity index (χ1n) is 8.18. The Kier molecular flexibility index (Phi) is 3.95. The Morgan fingerprint density at radius 1 is 0.944 bits per heavy atom. The molecule has 2 saturated carbocycles. The maximum absolute atomic E-state index is 9.87. The van der Waals surface area contributed by atoms with E-state index in [0.717, 1.165) is 11.8 Å². The van der Waals surface area contributed by atoms with Crippen LogP contribution in [0, 0.1) is 11.3 Å². The van der Waals surface area contributed by atoms with Gasteiger partial charge >= 0.3 is 0 Å². The molecule has 104 valence electrons. The third kappa shape index (κ3) is 2.75. The average Bonchev–Trinajstić information content (AvgIpc) is 2.99. The van der Waals surface area contributed by atoms with E-state index in [2.05, 4.69) is 4.90 Å². The average molecular weight is 251 g/mol. The number of hydrogen-bond donors (Lipinski definition) is 1. The minimum absolute atomic E-state index is 0.0102. The van der Waals surface area contributed by atoms with Crippen molar-refractivity contribution in [2.75, 3.05) is 19.6 Å². The molecule has 0 aromatic carbocycles. The lowest BCUT2D eigenvalue weighted by molar-refractivity contribution is 0.0859. The summed E-state index contributed by atoms with van der Waals surface area (Å²) in [6, 6.07) is 0. The molecule has 0 amide bonds. The SMILES string of the molecule is OC1CCCC1CCN1CCC2(CCCC2)CC1. The standard InChI is InChI=1S/C16H29NO/c18-15-5-3-4-14(15)6-11-17-12-9-16(10-13-17)7-1-2-8-16/h14-15,18H,1-13H2. The predicted molar refractivity (Wildman–Crippen MR) is 74.5 cm³/mol. The minimum Gasteiger partial charge on any atom is -0.393 e. The molecule has 2 atom stereocenters. The maximum Gasteiger partial charge on any atom is 0.0568 e. The Bertz CT molecular complexity index is 262. The predicted octanol–water partition coefficient (Wildman–Crippen LogP) is 3.19. The molecule has 18 heavy (non-hydrogen) atoms. The summed E-state index contributed by atoms with van der Waals surface area (Å²) in [4.78, 5) is 2.66. The maximum atomic E-state index is 9.87. The first-order valence-corrected chi connectivity index (χ1v) is 8.18. The van der Waals surface area contributed by atoms with Crippen molar-refractivity contribution in [3.05, 3.63) is 0 Å². The molecule has 1 spiro atoms. The van der Waals surface area contributed by atoms with Crippen LogP contribution in [0.15, 0.2) is 0 Å². The van der Waals surface area contributed by atoms with Gasteiger partial charge in [0, 0.05) is 0 Å². The van der Waals surface area contributed by atoms with E-state index in [1.54, 1.807) is 0 Å². The van der Waals surface area contributed by atoms with Crippen LogP contribution in [0.3, 0.4) is 0 Å². The fourth-order valence-corrected chi connectivity index (χ4v) is 4.58. The van der Waals surface area contributed by atoms with Gasteiger partial charge in [0.1, 0.15) is 0 Å². The van der Waals surface area contributed by atoms with E-state index in [1.165, 1.54) is 77.4 Å². The van der Waals surface area contributed by atoms with Crippen LogP contribution >= 0.6 is 0 Å². The fraction of sp³-hybridized carbons (Fsp3) is 1.00. The second-order valence-electron chi connectivity index (χ2n) is 7.10. The Labute approximate surface area is 112 Å². The molecule has 3 aliphatic rings. The molecule has 0 aromatic rings. The molecule has 1 N–H and O–H groups in total. The molecule has 1 heterocycles. The zero-order valence-corrected chi connectivity index (χ0v) is 11.7. The molecule has 3 rings (SSSR count). The van der Waals surface area contributed by atoms with Crippen molar-refractivity contribution < 1.29 is 5.11 Å². The van der Waals surface area contributed by atoms with Crippen molar-refractivity contribution in [3.63, 3.8) is 0 Å². The topological polar surface area (TPSA) is 23.5 Å². The first-order chi connectivity index (χ1) is 8.77. The molecular weight excluding hydrogens is 222 g/mol. The van der Waals surface area contributed by atoms with Crippen LogP contribution in [0.5, 0.6) is 0 Å². The second kappa shape index (κ2) is 5.50. The fourth-order valence-electron chi connectivity index (χ4n) is 4.58. The van der Waals surface area contributed by atoms with Gasteiger partial charge in [-0.2, -0.15) is 0 Å². The number of rotatable bonds is 3. The normalized spacial score (nSPS) is 36.5. The molecular formula is C16H29NO. The van der Waals surface area contributed by atoms with Crippen molar-refractivity contribution in [2.45, 2.75) is 70.3 Å². The zero-order chi connectivity index (χ0) is 12.4. The van der Waals surface area contributed by atoms with E-state index in [4.69, 9.17) is 0 Å². The highest BCUT2D eigenvalue weighted by molar-refractivity contribution is 4.90. The van der Waals surface area contributed by atoms with Gasteiger partial charge in [0.15, 0.2) is 0 Å². The lowest BCUT2D eigenvalue weighted by Crippen LogP contribution is -2.40. The Morgan fingerprint density at radius 2 is 1.67 bits per heavy atom. The second-order valence-corrected chi connectivity index (χ2v) is 7.10. The number of piperidine rings is 1. The molecule has 2 aliphatic carbocycles. The highest BCUT2D eigenvalue weighted by Gasteiger charge is 2.37. The molecule has 1 saturated heterocycles. The van der Waals surface area contributed by atoms with Crippen molar-refractivity contribution in [1.82, 2.24) is 4.90 Å². The van der Waals surface area contributed by atoms with Gasteiger partial charge in [-0.25, -0.2) is 0 Å². The Morgan fingerprint density at radius 3 is 2.28 bits per heavy atom. The van der Waals surface area contributed by atoms with Crippen molar-refractivity contribution in [2.24, 2.45) is 11.3 Å². The van der Waals surface area contributed by atoms with Gasteiger partial charge < -0.3 is 10.0 Å². The summed E-state index contributed by atoms with van der Waals surface area (Å²) < 4.78 is 0. The summed E-state index contributed by atoms with van der Waals surface area (Å²) >= 11 is 0. The van der Waals surface area contributed by atoms with Crippen molar-refractivity contribution in [1.29, 1.82) is 0 Å². The summed E-state index contributed by atoms with van der Waals surface area (Å²) in [5.41, 5.74) is 0.753. The highest BCUT2D eigenvalue weighted by Crippen LogP contribution is 2.46. The lowest BCUT2D eigenvalue weighted by atomic mass is 9.77. The van der Waals surface area contributed by atoms with Crippen molar-refractivity contribution >= 4 is 0 Å². The first kappa shape index (κ1) is 12.9. The van der Waals surface area contributed by atoms with Crippen LogP contribution in [-0.4, -0.2) is 35.7 Å². The quantitative estimate of drug-likeness (QED) is 0.832. The summed E-state index contributed by atoms with van der Waals surface area (Å²) in [6.07, 6.45) is 13.7. The van der Waals surface area contributed by atoms with Crippen LogP contribution < -0.4 is 0 Å². The van der Waals surface area contributed by atoms with E-state index in [-0.39, 0.29) is 6.10 Å². The van der Waals surface area contributed by atoms with Gasteiger partial charge in [0.25, 0.3) is 0 Å². The van der Waals surface area contributed by atoms with E-state index in [1.807, 2.05) is 0 Å². The molecule has 3 fully saturated rings. The molecule has 2 unspecified atom stereocenters. The summed E-state index contributed by atoms with van der Waals surface area (Å²) in [5.74, 6) is 0.604. The number of likely N-dealkylation sites (tertiary alicyclic amines) is 1. The van der Waals surface area contributed by atoms with Gasteiger partial charge in [-0.1, -0.05) is 19.3 Å². The zero-order valence-electron chi connectivity index (χ0n) is 11.7. The lowest BCUT2D eigenvalue weighted by Gasteiger charge is -2.39. The Hall–Kier alpha value is -0.0800. The summed E-state index contributed by atoms with van der Waals surface area (Å²) in [6.45, 7) is 3.88. The van der Waals surface area contributed by atoms with E-state index >= 15 is 0 Å². The minimum atomic E-state index is 0.0102. The van der Waals surface area contributed by atoms with E-state index in [0.29, 0.717) is 5.92 Å². The van der Waals surface area contributed by atoms with Gasteiger partial charge in [-0.05, 0) is 75.9 Å². The molecule has 0 radical (unpaired) electrons. The molecule has 2 nitrogen and oxygen atoms in total. The van der Waals surface area contributed by atoms with Gasteiger partial charge in [0.05, 0.1) is 6.10 Å². The smallest absolute Gasteiger partial charge is 0.0568 e. The Balaban J connectivity index is 1.40. The molecule has 0 aromatic heterocycles. The van der Waals surface area contributed by atoms with E-state index in [9.17, 15) is 5.11 Å². The highest BCUT2D eigenvalue weighted by atomic mass is 16.3. The van der Waals surface area contributed by atoms with Gasteiger partial charge in [-0.3, -0.25) is 0 Å². The number of aliphatic hydroxyl groups is 1. The van der Waals surface area contributed by atoms with Crippen LogP contribution in [0.4, 0.5) is 0 Å². The molecule has 2 heteroatoms. The molecule has 0 bridgehead atoms. The number of aliphatic hydroxyl groups excluding tert-OH is 1. The largest absolute Gasteiger partial charge is 0.393 e. The monoisotopic (exact) mass is 251 g/mol. The van der Waals surface area contributed by atoms with Crippen LogP contribution in [0.25, 0.3) is 0 Å². The summed E-state index contributed by atoms with van der Waals surface area (Å²) in [7, 11) is 0. The van der Waals surface area contributed by atoms with Crippen LogP contribution in [0.2, 0.25) is 0 Å².